The SMILES string of the molecule is C=CNCNc1c(NC)cccc1C(=O)O. The van der Waals surface area contributed by atoms with E-state index in [-0.39, 0.29) is 5.56 Å². The molecule has 86 valence electrons. The Labute approximate surface area is 94.2 Å². The zero-order valence-corrected chi connectivity index (χ0v) is 9.08. The quantitative estimate of drug-likeness (QED) is 0.433. The number of rotatable bonds is 6. The minimum absolute atomic E-state index is 0.234. The molecule has 0 aliphatic heterocycles. The van der Waals surface area contributed by atoms with E-state index in [0.717, 1.165) is 5.69 Å². The van der Waals surface area contributed by atoms with Gasteiger partial charge >= 0.3 is 5.97 Å². The van der Waals surface area contributed by atoms with Crippen molar-refractivity contribution >= 4 is 17.3 Å². The Kier molecular flexibility index (Phi) is 4.20. The Hall–Kier alpha value is -2.17. The lowest BCUT2D eigenvalue weighted by Crippen LogP contribution is -2.18. The zero-order valence-electron chi connectivity index (χ0n) is 9.08. The molecule has 0 bridgehead atoms. The van der Waals surface area contributed by atoms with Gasteiger partial charge in [0, 0.05) is 7.05 Å². The van der Waals surface area contributed by atoms with E-state index >= 15 is 0 Å². The highest BCUT2D eigenvalue weighted by Gasteiger charge is 2.12. The summed E-state index contributed by atoms with van der Waals surface area (Å²) in [5, 5.41) is 17.8. The summed E-state index contributed by atoms with van der Waals surface area (Å²) in [7, 11) is 1.74. The van der Waals surface area contributed by atoms with Crippen LogP contribution in [0.15, 0.2) is 31.0 Å². The van der Waals surface area contributed by atoms with Gasteiger partial charge in [-0.1, -0.05) is 12.6 Å². The second kappa shape index (κ2) is 5.65. The summed E-state index contributed by atoms with van der Waals surface area (Å²) in [5.74, 6) is -0.960. The summed E-state index contributed by atoms with van der Waals surface area (Å²) in [6.07, 6.45) is 1.54. The molecule has 4 N–H and O–H groups in total. The molecule has 0 heterocycles. The molecule has 0 saturated carbocycles. The maximum atomic E-state index is 11.0. The molecule has 0 spiro atoms. The van der Waals surface area contributed by atoms with Gasteiger partial charge in [-0.15, -0.1) is 0 Å². The Morgan fingerprint density at radius 2 is 2.31 bits per heavy atom. The largest absolute Gasteiger partial charge is 0.478 e. The molecule has 16 heavy (non-hydrogen) atoms. The third-order valence-electron chi connectivity index (χ3n) is 2.08. The number of aromatic carboxylic acids is 1. The Morgan fingerprint density at radius 1 is 1.56 bits per heavy atom. The molecule has 0 radical (unpaired) electrons. The third kappa shape index (κ3) is 2.66. The fraction of sp³-hybridized carbons (Fsp3) is 0.182. The molecule has 1 aromatic carbocycles. The normalized spacial score (nSPS) is 9.31. The van der Waals surface area contributed by atoms with Crippen LogP contribution >= 0.6 is 0 Å². The highest BCUT2D eigenvalue weighted by Crippen LogP contribution is 2.25. The van der Waals surface area contributed by atoms with Crippen LogP contribution in [-0.4, -0.2) is 24.8 Å². The van der Waals surface area contributed by atoms with E-state index in [2.05, 4.69) is 22.5 Å². The van der Waals surface area contributed by atoms with Crippen LogP contribution in [0, 0.1) is 0 Å². The molecule has 0 amide bonds. The fourth-order valence-electron chi connectivity index (χ4n) is 1.34. The molecule has 0 unspecified atom stereocenters. The summed E-state index contributed by atoms with van der Waals surface area (Å²) >= 11 is 0. The van der Waals surface area contributed by atoms with Crippen LogP contribution in [0.4, 0.5) is 11.4 Å². The monoisotopic (exact) mass is 221 g/mol. The first-order chi connectivity index (χ1) is 7.70. The van der Waals surface area contributed by atoms with Gasteiger partial charge in [0.1, 0.15) is 0 Å². The van der Waals surface area contributed by atoms with Gasteiger partial charge in [0.15, 0.2) is 0 Å². The lowest BCUT2D eigenvalue weighted by Gasteiger charge is -2.14. The van der Waals surface area contributed by atoms with Crippen molar-refractivity contribution in [2.75, 3.05) is 24.3 Å². The van der Waals surface area contributed by atoms with Crippen molar-refractivity contribution < 1.29 is 9.90 Å². The molecule has 0 aliphatic carbocycles. The van der Waals surface area contributed by atoms with Gasteiger partial charge in [-0.05, 0) is 18.3 Å². The lowest BCUT2D eigenvalue weighted by molar-refractivity contribution is 0.0698. The van der Waals surface area contributed by atoms with Gasteiger partial charge in [-0.2, -0.15) is 0 Å². The number of carboxylic acid groups (broad SMARTS) is 1. The van der Waals surface area contributed by atoms with Crippen molar-refractivity contribution in [3.8, 4) is 0 Å². The molecule has 1 rings (SSSR count). The van der Waals surface area contributed by atoms with Crippen LogP contribution in [0.25, 0.3) is 0 Å². The maximum absolute atomic E-state index is 11.0. The average molecular weight is 221 g/mol. The van der Waals surface area contributed by atoms with Crippen LogP contribution in [0.2, 0.25) is 0 Å². The molecule has 0 aromatic heterocycles. The fourth-order valence-corrected chi connectivity index (χ4v) is 1.34. The first-order valence-corrected chi connectivity index (χ1v) is 4.83. The van der Waals surface area contributed by atoms with Crippen molar-refractivity contribution in [1.29, 1.82) is 0 Å². The Balaban J connectivity index is 2.99. The lowest BCUT2D eigenvalue weighted by atomic mass is 10.1. The Morgan fingerprint density at radius 3 is 2.88 bits per heavy atom. The maximum Gasteiger partial charge on any atom is 0.337 e. The smallest absolute Gasteiger partial charge is 0.337 e. The minimum Gasteiger partial charge on any atom is -0.478 e. The predicted octanol–water partition coefficient (Wildman–Crippen LogP) is 1.53. The van der Waals surface area contributed by atoms with Crippen LogP contribution in [0.3, 0.4) is 0 Å². The van der Waals surface area contributed by atoms with Crippen LogP contribution in [-0.2, 0) is 0 Å². The summed E-state index contributed by atoms with van der Waals surface area (Å²) in [6.45, 7) is 3.93. The number of hydrogen-bond donors (Lipinski definition) is 4. The van der Waals surface area contributed by atoms with E-state index in [1.807, 2.05) is 6.07 Å². The number of carboxylic acids is 1. The zero-order chi connectivity index (χ0) is 12.0. The molecule has 0 saturated heterocycles. The molecule has 1 aromatic rings. The van der Waals surface area contributed by atoms with E-state index in [4.69, 9.17) is 5.11 Å². The van der Waals surface area contributed by atoms with Crippen molar-refractivity contribution in [2.24, 2.45) is 0 Å². The summed E-state index contributed by atoms with van der Waals surface area (Å²) < 4.78 is 0. The second-order valence-electron chi connectivity index (χ2n) is 3.05. The number of anilines is 2. The van der Waals surface area contributed by atoms with Crippen molar-refractivity contribution in [3.63, 3.8) is 0 Å². The number of nitrogens with one attached hydrogen (secondary N) is 3. The van der Waals surface area contributed by atoms with E-state index in [0.29, 0.717) is 12.4 Å². The van der Waals surface area contributed by atoms with Crippen molar-refractivity contribution in [2.45, 2.75) is 0 Å². The third-order valence-corrected chi connectivity index (χ3v) is 2.08. The van der Waals surface area contributed by atoms with Gasteiger partial charge in [-0.25, -0.2) is 4.79 Å². The summed E-state index contributed by atoms with van der Waals surface area (Å²) in [6, 6.07) is 5.06. The highest BCUT2D eigenvalue weighted by atomic mass is 16.4. The number of hydrogen-bond acceptors (Lipinski definition) is 4. The molecule has 0 aliphatic rings. The highest BCUT2D eigenvalue weighted by molar-refractivity contribution is 5.98. The van der Waals surface area contributed by atoms with Crippen LogP contribution in [0.5, 0.6) is 0 Å². The predicted molar refractivity (Wildman–Crippen MR) is 64.8 cm³/mol. The molecule has 0 atom stereocenters. The first-order valence-electron chi connectivity index (χ1n) is 4.83. The summed E-state index contributed by atoms with van der Waals surface area (Å²) in [5.41, 5.74) is 1.54. The van der Waals surface area contributed by atoms with Gasteiger partial charge in [0.05, 0.1) is 23.6 Å². The van der Waals surface area contributed by atoms with Crippen molar-refractivity contribution in [3.05, 3.63) is 36.5 Å². The first kappa shape index (κ1) is 11.9. The minimum atomic E-state index is -0.960. The molecular formula is C11H15N3O2. The van der Waals surface area contributed by atoms with Gasteiger partial charge in [0.25, 0.3) is 0 Å². The average Bonchev–Trinajstić information content (AvgIpc) is 2.29. The number of para-hydroxylation sites is 1. The molecule has 5 heteroatoms. The topological polar surface area (TPSA) is 73.4 Å². The molecular weight excluding hydrogens is 206 g/mol. The number of carbonyl (C=O) groups is 1. The van der Waals surface area contributed by atoms with Crippen molar-refractivity contribution in [1.82, 2.24) is 5.32 Å². The number of benzene rings is 1. The van der Waals surface area contributed by atoms with E-state index in [9.17, 15) is 4.79 Å². The van der Waals surface area contributed by atoms with E-state index in [1.165, 1.54) is 6.20 Å². The van der Waals surface area contributed by atoms with Gasteiger partial charge in [-0.3, -0.25) is 0 Å². The molecule has 0 fully saturated rings. The van der Waals surface area contributed by atoms with Crippen LogP contribution < -0.4 is 16.0 Å². The standard InChI is InChI=1S/C11H15N3O2/c1-3-13-7-14-10-8(11(15)16)5-4-6-9(10)12-2/h3-6,12-14H,1,7H2,2H3,(H,15,16). The van der Waals surface area contributed by atoms with E-state index in [1.54, 1.807) is 19.2 Å². The van der Waals surface area contributed by atoms with Gasteiger partial charge in [0.2, 0.25) is 0 Å². The van der Waals surface area contributed by atoms with Gasteiger partial charge < -0.3 is 21.1 Å². The Bertz CT molecular complexity index is 391. The molecule has 5 nitrogen and oxygen atoms in total. The van der Waals surface area contributed by atoms with Crippen LogP contribution in [0.1, 0.15) is 10.4 Å². The van der Waals surface area contributed by atoms with E-state index < -0.39 is 5.97 Å². The second-order valence-corrected chi connectivity index (χ2v) is 3.05. The summed E-state index contributed by atoms with van der Waals surface area (Å²) in [4.78, 5) is 11.0.